The molecule has 0 aromatic heterocycles. The van der Waals surface area contributed by atoms with Crippen LogP contribution >= 0.6 is 0 Å². The lowest BCUT2D eigenvalue weighted by Gasteiger charge is -2.26. The number of ether oxygens (including phenoxy) is 2. The molecule has 0 aromatic rings. The Labute approximate surface area is 92.1 Å². The molecule has 0 aromatic carbocycles. The number of esters is 1. The van der Waals surface area contributed by atoms with Gasteiger partial charge in [-0.1, -0.05) is 20.8 Å². The first-order chi connectivity index (χ1) is 6.79. The zero-order chi connectivity index (χ0) is 12.1. The highest BCUT2D eigenvalue weighted by atomic mass is 16.6. The Morgan fingerprint density at radius 1 is 1.40 bits per heavy atom. The minimum absolute atomic E-state index is 0.245. The normalized spacial score (nSPS) is 15.9. The van der Waals surface area contributed by atoms with Crippen LogP contribution in [-0.2, 0) is 14.3 Å². The van der Waals surface area contributed by atoms with E-state index in [-0.39, 0.29) is 17.5 Å². The maximum Gasteiger partial charge on any atom is 0.323 e. The summed E-state index contributed by atoms with van der Waals surface area (Å²) in [6.45, 7) is 10.5. The first kappa shape index (κ1) is 14.4. The highest BCUT2D eigenvalue weighted by Crippen LogP contribution is 2.18. The van der Waals surface area contributed by atoms with Crippen molar-refractivity contribution in [3.63, 3.8) is 0 Å². The van der Waals surface area contributed by atoms with Crippen molar-refractivity contribution in [1.29, 1.82) is 0 Å². The van der Waals surface area contributed by atoms with Gasteiger partial charge in [0.05, 0.1) is 6.61 Å². The van der Waals surface area contributed by atoms with Crippen LogP contribution in [-0.4, -0.2) is 31.3 Å². The lowest BCUT2D eigenvalue weighted by atomic mass is 9.87. The van der Waals surface area contributed by atoms with E-state index in [4.69, 9.17) is 15.2 Å². The Kier molecular flexibility index (Phi) is 5.83. The molecule has 0 rings (SSSR count). The molecule has 0 radical (unpaired) electrons. The molecule has 2 N–H and O–H groups in total. The van der Waals surface area contributed by atoms with Crippen molar-refractivity contribution in [2.75, 3.05) is 13.2 Å². The van der Waals surface area contributed by atoms with Gasteiger partial charge in [0, 0.05) is 6.61 Å². The third-order valence-electron chi connectivity index (χ3n) is 2.06. The first-order valence-electron chi connectivity index (χ1n) is 5.32. The van der Waals surface area contributed by atoms with Gasteiger partial charge in [-0.3, -0.25) is 4.79 Å². The summed E-state index contributed by atoms with van der Waals surface area (Å²) in [4.78, 5) is 11.6. The van der Waals surface area contributed by atoms with Crippen LogP contribution in [0.5, 0.6) is 0 Å². The molecule has 4 heteroatoms. The molecule has 0 heterocycles. The van der Waals surface area contributed by atoms with Crippen LogP contribution in [0.25, 0.3) is 0 Å². The third-order valence-corrected chi connectivity index (χ3v) is 2.06. The highest BCUT2D eigenvalue weighted by Gasteiger charge is 2.29. The molecule has 4 nitrogen and oxygen atoms in total. The molecular formula is C11H23NO3. The minimum Gasteiger partial charge on any atom is -0.459 e. The maximum absolute atomic E-state index is 11.6. The molecule has 0 aliphatic heterocycles. The van der Waals surface area contributed by atoms with E-state index in [2.05, 4.69) is 0 Å². The van der Waals surface area contributed by atoms with E-state index in [1.807, 2.05) is 27.7 Å². The van der Waals surface area contributed by atoms with E-state index >= 15 is 0 Å². The fraction of sp³-hybridized carbons (Fsp3) is 0.909. The van der Waals surface area contributed by atoms with Crippen molar-refractivity contribution in [3.8, 4) is 0 Å². The summed E-state index contributed by atoms with van der Waals surface area (Å²) in [7, 11) is 0. The second-order valence-corrected chi connectivity index (χ2v) is 4.75. The zero-order valence-electron chi connectivity index (χ0n) is 10.4. The summed E-state index contributed by atoms with van der Waals surface area (Å²) in [6, 6.07) is -0.596. The van der Waals surface area contributed by atoms with Crippen LogP contribution in [0.4, 0.5) is 0 Å². The number of rotatable bonds is 5. The van der Waals surface area contributed by atoms with Crippen molar-refractivity contribution in [2.24, 2.45) is 11.1 Å². The molecule has 0 amide bonds. The van der Waals surface area contributed by atoms with Gasteiger partial charge in [-0.25, -0.2) is 0 Å². The standard InChI is InChI=1S/C11H23NO3/c1-6-14-7-8(2)15-10(13)9(12)11(3,4)5/h8-9H,6-7,12H2,1-5H3/t8?,9-/m1/s1. The van der Waals surface area contributed by atoms with Crippen molar-refractivity contribution < 1.29 is 14.3 Å². The largest absolute Gasteiger partial charge is 0.459 e. The van der Waals surface area contributed by atoms with Crippen LogP contribution in [0, 0.1) is 5.41 Å². The van der Waals surface area contributed by atoms with E-state index in [1.54, 1.807) is 6.92 Å². The van der Waals surface area contributed by atoms with Gasteiger partial charge in [-0.15, -0.1) is 0 Å². The summed E-state index contributed by atoms with van der Waals surface area (Å²) >= 11 is 0. The summed E-state index contributed by atoms with van der Waals surface area (Å²) in [5, 5.41) is 0. The summed E-state index contributed by atoms with van der Waals surface area (Å²) in [6.07, 6.45) is -0.245. The van der Waals surface area contributed by atoms with Gasteiger partial charge in [0.2, 0.25) is 0 Å². The van der Waals surface area contributed by atoms with Gasteiger partial charge in [0.1, 0.15) is 12.1 Å². The van der Waals surface area contributed by atoms with Gasteiger partial charge in [-0.2, -0.15) is 0 Å². The molecule has 2 atom stereocenters. The van der Waals surface area contributed by atoms with Crippen molar-refractivity contribution in [1.82, 2.24) is 0 Å². The van der Waals surface area contributed by atoms with Crippen molar-refractivity contribution >= 4 is 5.97 Å². The average Bonchev–Trinajstić information content (AvgIpc) is 2.11. The zero-order valence-corrected chi connectivity index (χ0v) is 10.4. The van der Waals surface area contributed by atoms with E-state index in [0.29, 0.717) is 13.2 Å². The molecule has 90 valence electrons. The maximum atomic E-state index is 11.6. The predicted octanol–water partition coefficient (Wildman–Crippen LogP) is 1.33. The first-order valence-corrected chi connectivity index (χ1v) is 5.32. The van der Waals surface area contributed by atoms with Crippen molar-refractivity contribution in [3.05, 3.63) is 0 Å². The van der Waals surface area contributed by atoms with Gasteiger partial charge in [0.15, 0.2) is 0 Å². The molecule has 1 unspecified atom stereocenters. The van der Waals surface area contributed by atoms with Crippen LogP contribution in [0.15, 0.2) is 0 Å². The molecular weight excluding hydrogens is 194 g/mol. The topological polar surface area (TPSA) is 61.5 Å². The van der Waals surface area contributed by atoms with E-state index in [0.717, 1.165) is 0 Å². The fourth-order valence-corrected chi connectivity index (χ4v) is 0.943. The Bertz CT molecular complexity index is 198. The van der Waals surface area contributed by atoms with Crippen LogP contribution in [0.3, 0.4) is 0 Å². The second kappa shape index (κ2) is 6.08. The van der Waals surface area contributed by atoms with E-state index in [9.17, 15) is 4.79 Å². The summed E-state index contributed by atoms with van der Waals surface area (Å²) in [5.74, 6) is -0.366. The van der Waals surface area contributed by atoms with E-state index < -0.39 is 6.04 Å². The Balaban J connectivity index is 4.02. The number of hydrogen-bond acceptors (Lipinski definition) is 4. The Morgan fingerprint density at radius 2 is 1.93 bits per heavy atom. The number of hydrogen-bond donors (Lipinski definition) is 1. The molecule has 0 aliphatic carbocycles. The monoisotopic (exact) mass is 217 g/mol. The fourth-order valence-electron chi connectivity index (χ4n) is 0.943. The molecule has 0 aliphatic rings. The second-order valence-electron chi connectivity index (χ2n) is 4.75. The van der Waals surface area contributed by atoms with Gasteiger partial charge < -0.3 is 15.2 Å². The third kappa shape index (κ3) is 5.74. The molecule has 0 saturated heterocycles. The average molecular weight is 217 g/mol. The SMILES string of the molecule is CCOCC(C)OC(=O)[C@@H](N)C(C)(C)C. The summed E-state index contributed by atoms with van der Waals surface area (Å²) in [5.41, 5.74) is 5.48. The van der Waals surface area contributed by atoms with Gasteiger partial charge >= 0.3 is 5.97 Å². The van der Waals surface area contributed by atoms with Gasteiger partial charge in [0.25, 0.3) is 0 Å². The lowest BCUT2D eigenvalue weighted by molar-refractivity contribution is -0.155. The van der Waals surface area contributed by atoms with E-state index in [1.165, 1.54) is 0 Å². The Hall–Kier alpha value is -0.610. The number of carbonyl (C=O) groups is 1. The minimum atomic E-state index is -0.596. The quantitative estimate of drug-likeness (QED) is 0.706. The van der Waals surface area contributed by atoms with Crippen LogP contribution < -0.4 is 5.73 Å². The number of carbonyl (C=O) groups excluding carboxylic acids is 1. The molecule has 0 spiro atoms. The number of nitrogens with two attached hydrogens (primary N) is 1. The smallest absolute Gasteiger partial charge is 0.323 e. The molecule has 0 bridgehead atoms. The van der Waals surface area contributed by atoms with Crippen molar-refractivity contribution in [2.45, 2.75) is 46.8 Å². The highest BCUT2D eigenvalue weighted by molar-refractivity contribution is 5.76. The summed E-state index contributed by atoms with van der Waals surface area (Å²) < 4.78 is 10.3. The van der Waals surface area contributed by atoms with Crippen LogP contribution in [0.2, 0.25) is 0 Å². The molecule has 0 fully saturated rings. The predicted molar refractivity (Wildman–Crippen MR) is 59.5 cm³/mol. The Morgan fingerprint density at radius 3 is 2.33 bits per heavy atom. The molecule has 15 heavy (non-hydrogen) atoms. The van der Waals surface area contributed by atoms with Crippen LogP contribution in [0.1, 0.15) is 34.6 Å². The van der Waals surface area contributed by atoms with Gasteiger partial charge in [-0.05, 0) is 19.3 Å². The molecule has 0 saturated carbocycles. The lowest BCUT2D eigenvalue weighted by Crippen LogP contribution is -2.44.